The van der Waals surface area contributed by atoms with Gasteiger partial charge in [-0.2, -0.15) is 0 Å². The van der Waals surface area contributed by atoms with Gasteiger partial charge >= 0.3 is 0 Å². The molecule has 1 atom stereocenters. The molecule has 1 unspecified atom stereocenters. The Bertz CT molecular complexity index is 817. The van der Waals surface area contributed by atoms with E-state index in [1.165, 1.54) is 128 Å². The molecule has 5 nitrogen and oxygen atoms in total. The highest BCUT2D eigenvalue weighted by molar-refractivity contribution is 4.93. The summed E-state index contributed by atoms with van der Waals surface area (Å²) in [4.78, 5) is 4.93. The molecule has 0 aromatic heterocycles. The molecule has 1 aliphatic rings. The molecule has 0 N–H and O–H groups in total. The molecule has 0 amide bonds. The molecule has 1 rings (SSSR count). The van der Waals surface area contributed by atoms with Crippen LogP contribution in [0.1, 0.15) is 174 Å². The van der Waals surface area contributed by atoms with Crippen LogP contribution in [0.25, 0.3) is 0 Å². The van der Waals surface area contributed by atoms with Crippen LogP contribution in [-0.2, 0) is 14.2 Å². The largest absolute Gasteiger partial charge is 0.380 e. The number of hydrogen-bond acceptors (Lipinski definition) is 5. The van der Waals surface area contributed by atoms with E-state index >= 15 is 0 Å². The van der Waals surface area contributed by atoms with Crippen LogP contribution < -0.4 is 0 Å². The second kappa shape index (κ2) is 40.9. The van der Waals surface area contributed by atoms with Gasteiger partial charge in [-0.25, -0.2) is 0 Å². The molecule has 0 spiro atoms. The van der Waals surface area contributed by atoms with Crippen molar-refractivity contribution in [3.05, 3.63) is 48.6 Å². The molecule has 5 heteroatoms. The van der Waals surface area contributed by atoms with Gasteiger partial charge in [-0.05, 0) is 90.5 Å². The molecule has 304 valence electrons. The van der Waals surface area contributed by atoms with Gasteiger partial charge < -0.3 is 19.1 Å². The van der Waals surface area contributed by atoms with Gasteiger partial charge in [0.15, 0.2) is 0 Å². The summed E-state index contributed by atoms with van der Waals surface area (Å²) in [5, 5.41) is 0. The maximum Gasteiger partial charge on any atom is 0.0830 e. The van der Waals surface area contributed by atoms with Gasteiger partial charge in [0.1, 0.15) is 0 Å². The van der Waals surface area contributed by atoms with Crippen LogP contribution >= 0.6 is 0 Å². The fourth-order valence-electron chi connectivity index (χ4n) is 6.54. The van der Waals surface area contributed by atoms with Gasteiger partial charge in [0.05, 0.1) is 19.3 Å². The van der Waals surface area contributed by atoms with E-state index in [9.17, 15) is 0 Å². The van der Waals surface area contributed by atoms with Crippen LogP contribution in [0.2, 0.25) is 0 Å². The minimum Gasteiger partial charge on any atom is -0.380 e. The van der Waals surface area contributed by atoms with E-state index in [0.717, 1.165) is 91.3 Å². The number of rotatable bonds is 39. The van der Waals surface area contributed by atoms with Crippen LogP contribution in [0.3, 0.4) is 0 Å². The minimum absolute atomic E-state index is 0.145. The summed E-state index contributed by atoms with van der Waals surface area (Å²) < 4.78 is 18.6. The Labute approximate surface area is 325 Å². The monoisotopic (exact) mass is 729 g/mol. The predicted octanol–water partition coefficient (Wildman–Crippen LogP) is 12.7. The maximum atomic E-state index is 6.36. The van der Waals surface area contributed by atoms with Crippen molar-refractivity contribution < 1.29 is 14.2 Å². The highest BCUT2D eigenvalue weighted by atomic mass is 16.5. The fraction of sp³-hybridized carbons (Fsp3) is 0.830. The zero-order valence-corrected chi connectivity index (χ0v) is 35.1. The first-order valence-corrected chi connectivity index (χ1v) is 22.5. The lowest BCUT2D eigenvalue weighted by Crippen LogP contribution is -2.45. The summed E-state index contributed by atoms with van der Waals surface area (Å²) in [6.07, 6.45) is 50.4. The van der Waals surface area contributed by atoms with Crippen LogP contribution in [-0.4, -0.2) is 88.7 Å². The first-order valence-electron chi connectivity index (χ1n) is 22.5. The van der Waals surface area contributed by atoms with Crippen molar-refractivity contribution in [2.45, 2.75) is 180 Å². The third kappa shape index (κ3) is 35.8. The minimum atomic E-state index is 0.145. The van der Waals surface area contributed by atoms with Crippen LogP contribution in [0.4, 0.5) is 0 Å². The number of unbranched alkanes of at least 4 members (excludes halogenated alkanes) is 18. The average Bonchev–Trinajstić information content (AvgIpc) is 3.15. The first kappa shape index (κ1) is 48.8. The summed E-state index contributed by atoms with van der Waals surface area (Å²) in [6.45, 7) is 14.2. The molecular weight excluding hydrogens is 641 g/mol. The molecule has 1 aliphatic heterocycles. The van der Waals surface area contributed by atoms with Gasteiger partial charge in [0.25, 0.3) is 0 Å². The van der Waals surface area contributed by atoms with Crippen LogP contribution in [0.15, 0.2) is 48.6 Å². The zero-order chi connectivity index (χ0) is 37.3. The van der Waals surface area contributed by atoms with Crippen LogP contribution in [0, 0.1) is 0 Å². The van der Waals surface area contributed by atoms with Crippen molar-refractivity contribution >= 4 is 0 Å². The van der Waals surface area contributed by atoms with Gasteiger partial charge in [-0.1, -0.05) is 140 Å². The van der Waals surface area contributed by atoms with E-state index in [-0.39, 0.29) is 6.10 Å². The number of nitrogens with zero attached hydrogens (tertiary/aromatic N) is 2. The lowest BCUT2D eigenvalue weighted by molar-refractivity contribution is -0.0361. The maximum absolute atomic E-state index is 6.36. The molecule has 1 saturated heterocycles. The van der Waals surface area contributed by atoms with Crippen molar-refractivity contribution in [1.82, 2.24) is 9.80 Å². The highest BCUT2D eigenvalue weighted by Gasteiger charge is 2.14. The Morgan fingerprint density at radius 1 is 0.462 bits per heavy atom. The lowest BCUT2D eigenvalue weighted by atomic mass is 10.1. The quantitative estimate of drug-likeness (QED) is 0.0465. The Kier molecular flexibility index (Phi) is 38.4. The third-order valence-corrected chi connectivity index (χ3v) is 10.2. The van der Waals surface area contributed by atoms with Gasteiger partial charge in [-0.3, -0.25) is 4.90 Å². The molecule has 0 aromatic carbocycles. The standard InChI is InChI=1S/C47H88N2O3/c1-4-6-8-10-12-14-16-18-20-22-24-26-28-30-32-34-42-51-46-47(36-44-50-45-41-49-39-37-48(3)38-40-49)52-43-35-33-31-29-27-25-23-21-19-17-15-13-11-9-7-5-2/h12-15,18-21,47H,4-11,16-17,22-46H2,1-3H3/b14-12+,15-13+,20-18+,21-19+. The lowest BCUT2D eigenvalue weighted by Gasteiger charge is -2.32. The topological polar surface area (TPSA) is 34.2 Å². The van der Waals surface area contributed by atoms with Gasteiger partial charge in [-0.15, -0.1) is 0 Å². The number of hydrogen-bond donors (Lipinski definition) is 0. The van der Waals surface area contributed by atoms with Crippen LogP contribution in [0.5, 0.6) is 0 Å². The van der Waals surface area contributed by atoms with Crippen molar-refractivity contribution in [3.63, 3.8) is 0 Å². The van der Waals surface area contributed by atoms with Crippen molar-refractivity contribution in [2.24, 2.45) is 0 Å². The summed E-state index contributed by atoms with van der Waals surface area (Å²) >= 11 is 0. The Hall–Kier alpha value is -1.24. The van der Waals surface area contributed by atoms with Crippen molar-refractivity contribution in [3.8, 4) is 0 Å². The van der Waals surface area contributed by atoms with E-state index in [4.69, 9.17) is 14.2 Å². The molecule has 1 heterocycles. The Balaban J connectivity index is 2.10. The van der Waals surface area contributed by atoms with E-state index < -0.39 is 0 Å². The van der Waals surface area contributed by atoms with E-state index in [2.05, 4.69) is 79.3 Å². The highest BCUT2D eigenvalue weighted by Crippen LogP contribution is 2.12. The van der Waals surface area contributed by atoms with Gasteiger partial charge in [0, 0.05) is 52.5 Å². The van der Waals surface area contributed by atoms with Crippen molar-refractivity contribution in [1.29, 1.82) is 0 Å². The first-order chi connectivity index (χ1) is 25.8. The number of likely N-dealkylation sites (N-methyl/N-ethyl adjacent to an activating group) is 1. The van der Waals surface area contributed by atoms with Gasteiger partial charge in [0.2, 0.25) is 0 Å². The number of piperazine rings is 1. The fourth-order valence-corrected chi connectivity index (χ4v) is 6.54. The second-order valence-corrected chi connectivity index (χ2v) is 15.3. The van der Waals surface area contributed by atoms with E-state index in [0.29, 0.717) is 6.61 Å². The summed E-state index contributed by atoms with van der Waals surface area (Å²) in [5.41, 5.74) is 0. The smallest absolute Gasteiger partial charge is 0.0830 e. The zero-order valence-electron chi connectivity index (χ0n) is 35.1. The molecule has 52 heavy (non-hydrogen) atoms. The Morgan fingerprint density at radius 2 is 0.923 bits per heavy atom. The number of allylic oxidation sites excluding steroid dienone is 8. The SMILES string of the molecule is CCCCC/C=C/C/C=C/CCCCCCCCOCC(CCOCCN1CCN(C)CC1)OCCCCCCCC/C=C/C/C=C/CCCCC. The average molecular weight is 729 g/mol. The molecular formula is C47H88N2O3. The summed E-state index contributed by atoms with van der Waals surface area (Å²) in [6, 6.07) is 0. The molecule has 0 bridgehead atoms. The molecule has 0 radical (unpaired) electrons. The Morgan fingerprint density at radius 3 is 1.44 bits per heavy atom. The molecule has 0 aromatic rings. The molecule has 1 fully saturated rings. The second-order valence-electron chi connectivity index (χ2n) is 15.3. The van der Waals surface area contributed by atoms with E-state index in [1.54, 1.807) is 0 Å². The number of ether oxygens (including phenoxy) is 3. The molecule has 0 aliphatic carbocycles. The van der Waals surface area contributed by atoms with Crippen molar-refractivity contribution in [2.75, 3.05) is 72.8 Å². The van der Waals surface area contributed by atoms with E-state index in [1.807, 2.05) is 0 Å². The summed E-state index contributed by atoms with van der Waals surface area (Å²) in [5.74, 6) is 0. The predicted molar refractivity (Wildman–Crippen MR) is 229 cm³/mol. The third-order valence-electron chi connectivity index (χ3n) is 10.2. The normalized spacial score (nSPS) is 15.4. The summed E-state index contributed by atoms with van der Waals surface area (Å²) in [7, 11) is 2.21. The molecule has 0 saturated carbocycles.